The minimum absolute atomic E-state index is 0.0921. The molecule has 3 aromatic rings. The number of hydrogen-bond acceptors (Lipinski definition) is 6. The molecular formula is C18H19N5O3. The van der Waals surface area contributed by atoms with Gasteiger partial charge in [0.15, 0.2) is 0 Å². The van der Waals surface area contributed by atoms with Crippen molar-refractivity contribution < 1.29 is 9.21 Å². The lowest BCUT2D eigenvalue weighted by atomic mass is 10.1. The van der Waals surface area contributed by atoms with Gasteiger partial charge in [-0.3, -0.25) is 14.9 Å². The molecule has 1 aliphatic rings. The van der Waals surface area contributed by atoms with Gasteiger partial charge in [-0.15, -0.1) is 0 Å². The van der Waals surface area contributed by atoms with Gasteiger partial charge in [-0.05, 0) is 30.9 Å². The average Bonchev–Trinajstić information content (AvgIpc) is 3.37. The smallest absolute Gasteiger partial charge is 0.310 e. The van der Waals surface area contributed by atoms with E-state index in [1.807, 2.05) is 19.9 Å². The maximum absolute atomic E-state index is 12.7. The van der Waals surface area contributed by atoms with Crippen molar-refractivity contribution in [1.82, 2.24) is 19.7 Å². The second-order valence-electron chi connectivity index (χ2n) is 6.79. The van der Waals surface area contributed by atoms with Gasteiger partial charge in [-0.1, -0.05) is 13.8 Å². The predicted octanol–water partition coefficient (Wildman–Crippen LogP) is 2.42. The van der Waals surface area contributed by atoms with Crippen LogP contribution in [0.5, 0.6) is 0 Å². The van der Waals surface area contributed by atoms with Gasteiger partial charge in [0.05, 0.1) is 5.69 Å². The van der Waals surface area contributed by atoms with Crippen molar-refractivity contribution in [3.05, 3.63) is 46.3 Å². The van der Waals surface area contributed by atoms with Crippen LogP contribution in [-0.4, -0.2) is 25.7 Å². The first-order valence-corrected chi connectivity index (χ1v) is 8.64. The molecule has 1 aliphatic carbocycles. The maximum Gasteiger partial charge on any atom is 0.310 e. The zero-order chi connectivity index (χ0) is 18.3. The normalized spacial score (nSPS) is 14.1. The molecule has 0 spiro atoms. The standard InChI is InChI=1S/C18H19N5O3/c1-10(2)15-12-8-13(11-4-5-11)26-16(12)17(25)23(22-15)9-14(24)21-18-19-6-3-7-20-18/h3,6-8,10-11H,4-5,9H2,1-2H3,(H,19,20,21,24). The lowest BCUT2D eigenvalue weighted by Crippen LogP contribution is -2.31. The van der Waals surface area contributed by atoms with E-state index in [-0.39, 0.29) is 24.0 Å². The van der Waals surface area contributed by atoms with Crippen LogP contribution in [0.15, 0.2) is 33.7 Å². The molecule has 0 aromatic carbocycles. The summed E-state index contributed by atoms with van der Waals surface area (Å²) in [5.74, 6) is 1.09. The van der Waals surface area contributed by atoms with Crippen LogP contribution in [0.4, 0.5) is 5.95 Å². The second-order valence-corrected chi connectivity index (χ2v) is 6.79. The first-order chi connectivity index (χ1) is 12.5. The van der Waals surface area contributed by atoms with Crippen LogP contribution in [-0.2, 0) is 11.3 Å². The van der Waals surface area contributed by atoms with E-state index in [0.717, 1.165) is 34.4 Å². The summed E-state index contributed by atoms with van der Waals surface area (Å²) in [6, 6.07) is 3.58. The average molecular weight is 353 g/mol. The third-order valence-electron chi connectivity index (χ3n) is 4.32. The van der Waals surface area contributed by atoms with Crippen LogP contribution < -0.4 is 10.9 Å². The van der Waals surface area contributed by atoms with Gasteiger partial charge < -0.3 is 4.42 Å². The fourth-order valence-electron chi connectivity index (χ4n) is 2.87. The molecule has 3 heterocycles. The van der Waals surface area contributed by atoms with Crippen molar-refractivity contribution >= 4 is 22.8 Å². The first kappa shape index (κ1) is 16.4. The number of nitrogens with one attached hydrogen (secondary N) is 1. The Morgan fingerprint density at radius 3 is 2.73 bits per heavy atom. The number of carbonyl (C=O) groups excluding carboxylic acids is 1. The molecule has 4 rings (SSSR count). The van der Waals surface area contributed by atoms with Crippen molar-refractivity contribution in [2.45, 2.75) is 45.1 Å². The van der Waals surface area contributed by atoms with Gasteiger partial charge in [0.2, 0.25) is 17.4 Å². The SMILES string of the molecule is CC(C)c1nn(CC(=O)Nc2ncccn2)c(=O)c2oc(C3CC3)cc12. The van der Waals surface area contributed by atoms with Crippen LogP contribution in [0.3, 0.4) is 0 Å². The Morgan fingerprint density at radius 1 is 1.35 bits per heavy atom. The van der Waals surface area contributed by atoms with E-state index in [9.17, 15) is 9.59 Å². The van der Waals surface area contributed by atoms with Gasteiger partial charge in [0.1, 0.15) is 12.3 Å². The first-order valence-electron chi connectivity index (χ1n) is 8.64. The molecular weight excluding hydrogens is 334 g/mol. The molecule has 1 amide bonds. The Balaban J connectivity index is 1.69. The molecule has 0 bridgehead atoms. The van der Waals surface area contributed by atoms with E-state index < -0.39 is 11.5 Å². The van der Waals surface area contributed by atoms with E-state index in [0.29, 0.717) is 5.92 Å². The predicted molar refractivity (Wildman–Crippen MR) is 95.0 cm³/mol. The highest BCUT2D eigenvalue weighted by molar-refractivity contribution is 5.89. The summed E-state index contributed by atoms with van der Waals surface area (Å²) in [7, 11) is 0. The highest BCUT2D eigenvalue weighted by Gasteiger charge is 2.29. The van der Waals surface area contributed by atoms with Crippen LogP contribution in [0, 0.1) is 0 Å². The summed E-state index contributed by atoms with van der Waals surface area (Å²) in [5.41, 5.74) is 0.619. The minimum atomic E-state index is -0.422. The highest BCUT2D eigenvalue weighted by atomic mass is 16.3. The van der Waals surface area contributed by atoms with Gasteiger partial charge in [-0.25, -0.2) is 14.6 Å². The lowest BCUT2D eigenvalue weighted by molar-refractivity contribution is -0.117. The van der Waals surface area contributed by atoms with E-state index in [1.165, 1.54) is 12.4 Å². The van der Waals surface area contributed by atoms with Gasteiger partial charge in [-0.2, -0.15) is 5.10 Å². The molecule has 1 saturated carbocycles. The number of rotatable bonds is 5. The van der Waals surface area contributed by atoms with E-state index in [4.69, 9.17) is 4.42 Å². The number of carbonyl (C=O) groups is 1. The number of anilines is 1. The van der Waals surface area contributed by atoms with Gasteiger partial charge in [0, 0.05) is 23.7 Å². The van der Waals surface area contributed by atoms with E-state index >= 15 is 0 Å². The number of hydrogen-bond donors (Lipinski definition) is 1. The van der Waals surface area contributed by atoms with Crippen molar-refractivity contribution in [3.8, 4) is 0 Å². The molecule has 3 aromatic heterocycles. The zero-order valence-electron chi connectivity index (χ0n) is 14.6. The molecule has 0 radical (unpaired) electrons. The fourth-order valence-corrected chi connectivity index (χ4v) is 2.87. The van der Waals surface area contributed by atoms with Crippen molar-refractivity contribution in [3.63, 3.8) is 0 Å². The highest BCUT2D eigenvalue weighted by Crippen LogP contribution is 2.42. The molecule has 0 unspecified atom stereocenters. The monoisotopic (exact) mass is 353 g/mol. The number of aromatic nitrogens is 4. The fraction of sp³-hybridized carbons (Fsp3) is 0.389. The summed E-state index contributed by atoms with van der Waals surface area (Å²) in [6.07, 6.45) is 5.21. The number of fused-ring (bicyclic) bond motifs is 1. The van der Waals surface area contributed by atoms with Crippen LogP contribution in [0.2, 0.25) is 0 Å². The van der Waals surface area contributed by atoms with Gasteiger partial charge in [0.25, 0.3) is 0 Å². The van der Waals surface area contributed by atoms with Crippen LogP contribution in [0.1, 0.15) is 50.0 Å². The lowest BCUT2D eigenvalue weighted by Gasteiger charge is -2.10. The summed E-state index contributed by atoms with van der Waals surface area (Å²) in [5, 5.41) is 7.72. The Kier molecular flexibility index (Phi) is 4.02. The van der Waals surface area contributed by atoms with Crippen molar-refractivity contribution in [1.29, 1.82) is 0 Å². The molecule has 1 N–H and O–H groups in total. The molecule has 8 heteroatoms. The van der Waals surface area contributed by atoms with Crippen molar-refractivity contribution in [2.75, 3.05) is 5.32 Å². The maximum atomic E-state index is 12.7. The molecule has 0 atom stereocenters. The Labute approximate surface area is 149 Å². The van der Waals surface area contributed by atoms with E-state index in [2.05, 4.69) is 20.4 Å². The van der Waals surface area contributed by atoms with E-state index in [1.54, 1.807) is 6.07 Å². The topological polar surface area (TPSA) is 103 Å². The molecule has 1 fully saturated rings. The Bertz CT molecular complexity index is 1020. The van der Waals surface area contributed by atoms with Crippen LogP contribution in [0.25, 0.3) is 11.0 Å². The molecule has 0 saturated heterocycles. The second kappa shape index (κ2) is 6.36. The number of furan rings is 1. The molecule has 8 nitrogen and oxygen atoms in total. The Hall–Kier alpha value is -3.03. The minimum Gasteiger partial charge on any atom is -0.455 e. The van der Waals surface area contributed by atoms with Crippen molar-refractivity contribution in [2.24, 2.45) is 0 Å². The largest absolute Gasteiger partial charge is 0.455 e. The Morgan fingerprint density at radius 2 is 2.08 bits per heavy atom. The molecule has 0 aliphatic heterocycles. The number of amides is 1. The summed E-state index contributed by atoms with van der Waals surface area (Å²) in [6.45, 7) is 3.77. The molecule has 26 heavy (non-hydrogen) atoms. The number of nitrogens with zero attached hydrogens (tertiary/aromatic N) is 4. The molecule has 134 valence electrons. The summed E-state index contributed by atoms with van der Waals surface area (Å²) in [4.78, 5) is 32.9. The zero-order valence-corrected chi connectivity index (χ0v) is 14.6. The van der Waals surface area contributed by atoms with Crippen LogP contribution >= 0.6 is 0 Å². The summed E-state index contributed by atoms with van der Waals surface area (Å²) >= 11 is 0. The third-order valence-corrected chi connectivity index (χ3v) is 4.32. The van der Waals surface area contributed by atoms with Gasteiger partial charge >= 0.3 is 5.56 Å². The summed E-state index contributed by atoms with van der Waals surface area (Å²) < 4.78 is 6.97. The quantitative estimate of drug-likeness (QED) is 0.755. The third kappa shape index (κ3) is 3.10.